The van der Waals surface area contributed by atoms with Crippen LogP contribution >= 0.6 is 27.5 Å². The van der Waals surface area contributed by atoms with Gasteiger partial charge in [0.1, 0.15) is 5.75 Å². The largest absolute Gasteiger partial charge is 0.493 e. The molecule has 0 aliphatic carbocycles. The van der Waals surface area contributed by atoms with Gasteiger partial charge in [-0.15, -0.1) is 0 Å². The number of carbonyl (C=O) groups is 1. The Bertz CT molecular complexity index is 645. The topological polar surface area (TPSA) is 48.4 Å². The number of ether oxygens (including phenoxy) is 2. The standard InChI is InChI=1S/C13H11BrClNO3/c1-3-19-10-6-9(13(17)18-2)16-12-7(10)4-5-8(15)11(12)14/h4-6H,3H2,1-2H3. The van der Waals surface area contributed by atoms with Crippen molar-refractivity contribution in [1.82, 2.24) is 4.98 Å². The lowest BCUT2D eigenvalue weighted by Gasteiger charge is -2.10. The highest BCUT2D eigenvalue weighted by Gasteiger charge is 2.16. The normalized spacial score (nSPS) is 10.5. The highest BCUT2D eigenvalue weighted by Crippen LogP contribution is 2.35. The molecular weight excluding hydrogens is 334 g/mol. The summed E-state index contributed by atoms with van der Waals surface area (Å²) in [7, 11) is 1.31. The molecule has 0 bridgehead atoms. The third-order valence-electron chi connectivity index (χ3n) is 2.53. The van der Waals surface area contributed by atoms with Crippen LogP contribution < -0.4 is 4.74 Å². The molecule has 0 aliphatic rings. The predicted molar refractivity (Wildman–Crippen MR) is 77.0 cm³/mol. The molecule has 19 heavy (non-hydrogen) atoms. The van der Waals surface area contributed by atoms with Gasteiger partial charge in [-0.3, -0.25) is 0 Å². The molecule has 0 atom stereocenters. The molecule has 100 valence electrons. The van der Waals surface area contributed by atoms with E-state index in [2.05, 4.69) is 25.7 Å². The molecule has 0 N–H and O–H groups in total. The number of fused-ring (bicyclic) bond motifs is 1. The minimum atomic E-state index is -0.519. The van der Waals surface area contributed by atoms with Gasteiger partial charge in [-0.05, 0) is 35.0 Å². The molecule has 2 rings (SSSR count). The Kier molecular flexibility index (Phi) is 4.27. The monoisotopic (exact) mass is 343 g/mol. The van der Waals surface area contributed by atoms with Crippen LogP contribution in [-0.4, -0.2) is 24.7 Å². The number of hydrogen-bond donors (Lipinski definition) is 0. The summed E-state index contributed by atoms with van der Waals surface area (Å²) in [6.45, 7) is 2.36. The lowest BCUT2D eigenvalue weighted by atomic mass is 10.2. The van der Waals surface area contributed by atoms with Gasteiger partial charge in [0.25, 0.3) is 0 Å². The SMILES string of the molecule is CCOc1cc(C(=O)OC)nc2c(Br)c(Cl)ccc12. The second-order valence-corrected chi connectivity index (χ2v) is 4.89. The van der Waals surface area contributed by atoms with E-state index in [-0.39, 0.29) is 5.69 Å². The molecule has 0 radical (unpaired) electrons. The average Bonchev–Trinajstić information content (AvgIpc) is 2.42. The summed E-state index contributed by atoms with van der Waals surface area (Å²) in [4.78, 5) is 15.9. The Hall–Kier alpha value is -1.33. The molecule has 6 heteroatoms. The van der Waals surface area contributed by atoms with E-state index in [0.717, 1.165) is 5.39 Å². The van der Waals surface area contributed by atoms with E-state index in [1.54, 1.807) is 12.1 Å². The first-order chi connectivity index (χ1) is 9.08. The smallest absolute Gasteiger partial charge is 0.356 e. The molecule has 4 nitrogen and oxygen atoms in total. The molecule has 0 saturated carbocycles. The molecule has 0 aliphatic heterocycles. The number of hydrogen-bond acceptors (Lipinski definition) is 4. The van der Waals surface area contributed by atoms with Gasteiger partial charge in [0.15, 0.2) is 5.69 Å². The van der Waals surface area contributed by atoms with Crippen molar-refractivity contribution in [3.63, 3.8) is 0 Å². The van der Waals surface area contributed by atoms with Crippen LogP contribution in [0, 0.1) is 0 Å². The Labute approximate surface area is 123 Å². The van der Waals surface area contributed by atoms with Crippen LogP contribution in [0.15, 0.2) is 22.7 Å². The fraction of sp³-hybridized carbons (Fsp3) is 0.231. The van der Waals surface area contributed by atoms with Crippen molar-refractivity contribution in [3.05, 3.63) is 33.4 Å². The lowest BCUT2D eigenvalue weighted by Crippen LogP contribution is -2.06. The molecule has 1 aromatic heterocycles. The Morgan fingerprint density at radius 3 is 2.84 bits per heavy atom. The van der Waals surface area contributed by atoms with Crippen molar-refractivity contribution in [2.45, 2.75) is 6.92 Å². The van der Waals surface area contributed by atoms with Gasteiger partial charge in [-0.25, -0.2) is 9.78 Å². The highest BCUT2D eigenvalue weighted by molar-refractivity contribution is 9.10. The maximum Gasteiger partial charge on any atom is 0.356 e. The first kappa shape index (κ1) is 14.1. The van der Waals surface area contributed by atoms with Crippen LogP contribution in [0.5, 0.6) is 5.75 Å². The highest BCUT2D eigenvalue weighted by atomic mass is 79.9. The van der Waals surface area contributed by atoms with E-state index in [0.29, 0.717) is 27.4 Å². The van der Waals surface area contributed by atoms with Gasteiger partial charge in [0, 0.05) is 11.5 Å². The summed E-state index contributed by atoms with van der Waals surface area (Å²) in [5, 5.41) is 1.30. The molecule has 0 unspecified atom stereocenters. The lowest BCUT2D eigenvalue weighted by molar-refractivity contribution is 0.0594. The number of carbonyl (C=O) groups excluding carboxylic acids is 1. The van der Waals surface area contributed by atoms with Crippen LogP contribution in [0.25, 0.3) is 10.9 Å². The number of aromatic nitrogens is 1. The van der Waals surface area contributed by atoms with E-state index >= 15 is 0 Å². The first-order valence-electron chi connectivity index (χ1n) is 5.58. The Balaban J connectivity index is 2.76. The number of esters is 1. The quantitative estimate of drug-likeness (QED) is 0.794. The minimum Gasteiger partial charge on any atom is -0.493 e. The Morgan fingerprint density at radius 2 is 2.21 bits per heavy atom. The van der Waals surface area contributed by atoms with Crippen LogP contribution in [0.1, 0.15) is 17.4 Å². The van der Waals surface area contributed by atoms with Gasteiger partial charge in [0.2, 0.25) is 0 Å². The van der Waals surface area contributed by atoms with Crippen molar-refractivity contribution >= 4 is 44.4 Å². The van der Waals surface area contributed by atoms with Crippen molar-refractivity contribution in [1.29, 1.82) is 0 Å². The van der Waals surface area contributed by atoms with Gasteiger partial charge in [-0.1, -0.05) is 11.6 Å². The summed E-state index contributed by atoms with van der Waals surface area (Å²) in [5.41, 5.74) is 0.750. The molecule has 1 heterocycles. The van der Waals surface area contributed by atoms with Gasteiger partial charge < -0.3 is 9.47 Å². The van der Waals surface area contributed by atoms with E-state index in [1.165, 1.54) is 7.11 Å². The van der Waals surface area contributed by atoms with Gasteiger partial charge in [0.05, 0.1) is 28.7 Å². The fourth-order valence-electron chi connectivity index (χ4n) is 1.69. The number of pyridine rings is 1. The maximum absolute atomic E-state index is 11.6. The predicted octanol–water partition coefficient (Wildman–Crippen LogP) is 3.84. The summed E-state index contributed by atoms with van der Waals surface area (Å²) in [5.74, 6) is 0.0556. The Morgan fingerprint density at radius 1 is 1.47 bits per heavy atom. The fourth-order valence-corrected chi connectivity index (χ4v) is 2.27. The summed E-state index contributed by atoms with van der Waals surface area (Å²) < 4.78 is 10.8. The van der Waals surface area contributed by atoms with Crippen LogP contribution in [0.4, 0.5) is 0 Å². The zero-order chi connectivity index (χ0) is 14.0. The van der Waals surface area contributed by atoms with E-state index in [9.17, 15) is 4.79 Å². The number of methoxy groups -OCH3 is 1. The van der Waals surface area contributed by atoms with Gasteiger partial charge >= 0.3 is 5.97 Å². The first-order valence-corrected chi connectivity index (χ1v) is 6.75. The molecule has 0 spiro atoms. The number of nitrogens with zero attached hydrogens (tertiary/aromatic N) is 1. The van der Waals surface area contributed by atoms with Crippen LogP contribution in [0.2, 0.25) is 5.02 Å². The van der Waals surface area contributed by atoms with E-state index < -0.39 is 5.97 Å². The molecule has 1 aromatic carbocycles. The molecule has 2 aromatic rings. The molecule has 0 amide bonds. The number of halogens is 2. The number of benzene rings is 1. The second kappa shape index (κ2) is 5.75. The van der Waals surface area contributed by atoms with Crippen LogP contribution in [0.3, 0.4) is 0 Å². The van der Waals surface area contributed by atoms with E-state index in [1.807, 2.05) is 13.0 Å². The molecule has 0 saturated heterocycles. The van der Waals surface area contributed by atoms with Crippen molar-refractivity contribution in [2.75, 3.05) is 13.7 Å². The van der Waals surface area contributed by atoms with Crippen molar-refractivity contribution in [2.24, 2.45) is 0 Å². The maximum atomic E-state index is 11.6. The third kappa shape index (κ3) is 2.67. The molecular formula is C13H11BrClNO3. The minimum absolute atomic E-state index is 0.182. The van der Waals surface area contributed by atoms with Crippen molar-refractivity contribution in [3.8, 4) is 5.75 Å². The van der Waals surface area contributed by atoms with Crippen molar-refractivity contribution < 1.29 is 14.3 Å². The summed E-state index contributed by atoms with van der Waals surface area (Å²) in [6, 6.07) is 5.12. The zero-order valence-electron chi connectivity index (χ0n) is 10.4. The van der Waals surface area contributed by atoms with E-state index in [4.69, 9.17) is 16.3 Å². The molecule has 0 fully saturated rings. The number of rotatable bonds is 3. The van der Waals surface area contributed by atoms with Crippen LogP contribution in [-0.2, 0) is 4.74 Å². The third-order valence-corrected chi connectivity index (χ3v) is 3.87. The van der Waals surface area contributed by atoms with Gasteiger partial charge in [-0.2, -0.15) is 0 Å². The zero-order valence-corrected chi connectivity index (χ0v) is 12.7. The summed E-state index contributed by atoms with van der Waals surface area (Å²) >= 11 is 9.41. The summed E-state index contributed by atoms with van der Waals surface area (Å²) in [6.07, 6.45) is 0. The second-order valence-electron chi connectivity index (χ2n) is 3.69. The average molecular weight is 345 g/mol.